The van der Waals surface area contributed by atoms with E-state index in [0.29, 0.717) is 17.2 Å². The summed E-state index contributed by atoms with van der Waals surface area (Å²) >= 11 is 3.25. The van der Waals surface area contributed by atoms with Crippen LogP contribution in [0.15, 0.2) is 10.5 Å². The maximum Gasteiger partial charge on any atom is 0.339 e. The lowest BCUT2D eigenvalue weighted by atomic mass is 9.86. The van der Waals surface area contributed by atoms with Gasteiger partial charge in [-0.1, -0.05) is 0 Å². The molecule has 2 aliphatic rings. The summed E-state index contributed by atoms with van der Waals surface area (Å²) in [6, 6.07) is 1.73. The third kappa shape index (κ3) is 5.59. The van der Waals surface area contributed by atoms with E-state index in [1.54, 1.807) is 27.2 Å². The van der Waals surface area contributed by atoms with Crippen molar-refractivity contribution < 1.29 is 28.1 Å². The Morgan fingerprint density at radius 2 is 1.65 bits per heavy atom. The number of rotatable bonds is 7. The Morgan fingerprint density at radius 1 is 1.06 bits per heavy atom. The molecule has 31 heavy (non-hydrogen) atoms. The molecule has 8 heteroatoms. The number of anilines is 1. The van der Waals surface area contributed by atoms with E-state index in [9.17, 15) is 4.79 Å². The van der Waals surface area contributed by atoms with Gasteiger partial charge in [-0.05, 0) is 73.0 Å². The molecule has 0 N–H and O–H groups in total. The molecule has 3 rings (SSSR count). The SMILES string of the molecule is COC(=O)c1c(C)cc(N2CCC(OC3CCC(C(OC)OC)CC3)CC2)c(F)c1Br. The highest BCUT2D eigenvalue weighted by Gasteiger charge is 2.31. The van der Waals surface area contributed by atoms with E-state index in [1.807, 2.05) is 4.90 Å². The number of benzene rings is 1. The standard InChI is InChI=1S/C23H33BrFNO5/c1-14-13-18(21(25)20(24)19(14)22(27)28-2)26-11-9-17(10-12-26)31-16-7-5-15(6-8-16)23(29-3)30-4/h13,15-17,23H,5-12H2,1-4H3. The number of carbonyl (C=O) groups is 1. The molecule has 2 fully saturated rings. The first-order chi connectivity index (χ1) is 14.9. The Balaban J connectivity index is 1.54. The van der Waals surface area contributed by atoms with Gasteiger partial charge in [-0.3, -0.25) is 0 Å². The van der Waals surface area contributed by atoms with Gasteiger partial charge in [0.05, 0.1) is 35.0 Å². The molecular weight excluding hydrogens is 469 g/mol. The van der Waals surface area contributed by atoms with Crippen molar-refractivity contribution in [3.8, 4) is 0 Å². The van der Waals surface area contributed by atoms with Crippen LogP contribution in [0.5, 0.6) is 0 Å². The van der Waals surface area contributed by atoms with E-state index in [-0.39, 0.29) is 28.5 Å². The molecule has 0 amide bonds. The minimum Gasteiger partial charge on any atom is -0.465 e. The average Bonchev–Trinajstić information content (AvgIpc) is 2.78. The Morgan fingerprint density at radius 3 is 2.19 bits per heavy atom. The molecule has 0 radical (unpaired) electrons. The average molecular weight is 502 g/mol. The number of methoxy groups -OCH3 is 3. The Bertz CT molecular complexity index is 757. The first-order valence-corrected chi connectivity index (χ1v) is 11.7. The second-order valence-corrected chi connectivity index (χ2v) is 9.20. The van der Waals surface area contributed by atoms with Gasteiger partial charge in [-0.15, -0.1) is 0 Å². The van der Waals surface area contributed by atoms with Crippen molar-refractivity contribution >= 4 is 27.6 Å². The molecule has 0 aromatic heterocycles. The van der Waals surface area contributed by atoms with Crippen molar-refractivity contribution in [1.29, 1.82) is 0 Å². The van der Waals surface area contributed by atoms with Crippen molar-refractivity contribution in [2.45, 2.75) is 63.9 Å². The van der Waals surface area contributed by atoms with Crippen LogP contribution >= 0.6 is 15.9 Å². The molecule has 1 aromatic carbocycles. The lowest BCUT2D eigenvalue weighted by Crippen LogP contribution is -2.40. The molecule has 0 bridgehead atoms. The maximum absolute atomic E-state index is 15.0. The van der Waals surface area contributed by atoms with Crippen molar-refractivity contribution in [3.63, 3.8) is 0 Å². The van der Waals surface area contributed by atoms with Crippen molar-refractivity contribution in [1.82, 2.24) is 0 Å². The van der Waals surface area contributed by atoms with Crippen LogP contribution in [0.3, 0.4) is 0 Å². The molecular formula is C23H33BrFNO5. The smallest absolute Gasteiger partial charge is 0.339 e. The molecule has 1 aliphatic carbocycles. The second-order valence-electron chi connectivity index (χ2n) is 8.41. The van der Waals surface area contributed by atoms with Crippen LogP contribution in [0.2, 0.25) is 0 Å². The number of hydrogen-bond acceptors (Lipinski definition) is 6. The number of aryl methyl sites for hydroxylation is 1. The first kappa shape index (κ1) is 24.4. The number of hydrogen-bond donors (Lipinski definition) is 0. The maximum atomic E-state index is 15.0. The topological polar surface area (TPSA) is 57.2 Å². The van der Waals surface area contributed by atoms with Crippen molar-refractivity contribution in [2.24, 2.45) is 5.92 Å². The van der Waals surface area contributed by atoms with Gasteiger partial charge in [0, 0.05) is 33.2 Å². The van der Waals surface area contributed by atoms with E-state index in [4.69, 9.17) is 18.9 Å². The summed E-state index contributed by atoms with van der Waals surface area (Å²) in [6.45, 7) is 3.23. The van der Waals surface area contributed by atoms with E-state index in [0.717, 1.165) is 51.6 Å². The van der Waals surface area contributed by atoms with Crippen LogP contribution < -0.4 is 4.90 Å². The Kier molecular flexibility index (Phi) is 8.73. The molecule has 0 spiro atoms. The zero-order valence-corrected chi connectivity index (χ0v) is 20.4. The van der Waals surface area contributed by atoms with Gasteiger partial charge in [0.25, 0.3) is 0 Å². The molecule has 1 heterocycles. The van der Waals surface area contributed by atoms with Gasteiger partial charge < -0.3 is 23.8 Å². The summed E-state index contributed by atoms with van der Waals surface area (Å²) in [5.74, 6) is -0.539. The second kappa shape index (κ2) is 11.1. The lowest BCUT2D eigenvalue weighted by molar-refractivity contribution is -0.153. The summed E-state index contributed by atoms with van der Waals surface area (Å²) in [5, 5.41) is 0. The Labute approximate surface area is 192 Å². The number of nitrogens with zero attached hydrogens (tertiary/aromatic N) is 1. The fraction of sp³-hybridized carbons (Fsp3) is 0.696. The van der Waals surface area contributed by atoms with Gasteiger partial charge >= 0.3 is 5.97 Å². The number of esters is 1. The van der Waals surface area contributed by atoms with Crippen LogP contribution in [0.4, 0.5) is 10.1 Å². The molecule has 6 nitrogen and oxygen atoms in total. The largest absolute Gasteiger partial charge is 0.465 e. The first-order valence-electron chi connectivity index (χ1n) is 10.9. The van der Waals surface area contributed by atoms with Gasteiger partial charge in [0.1, 0.15) is 0 Å². The fourth-order valence-electron chi connectivity index (χ4n) is 4.80. The third-order valence-corrected chi connectivity index (χ3v) is 7.25. The molecule has 174 valence electrons. The zero-order chi connectivity index (χ0) is 22.5. The molecule has 0 atom stereocenters. The number of carbonyl (C=O) groups excluding carboxylic acids is 1. The van der Waals surface area contributed by atoms with Crippen LogP contribution in [0, 0.1) is 18.7 Å². The van der Waals surface area contributed by atoms with Crippen molar-refractivity contribution in [2.75, 3.05) is 39.3 Å². The normalized spacial score (nSPS) is 22.7. The highest BCUT2D eigenvalue weighted by atomic mass is 79.9. The molecule has 1 aromatic rings. The summed E-state index contributed by atoms with van der Waals surface area (Å²) in [7, 11) is 4.68. The minimum atomic E-state index is -0.543. The quantitative estimate of drug-likeness (QED) is 0.393. The molecule has 0 unspecified atom stereocenters. The number of halogens is 2. The summed E-state index contributed by atoms with van der Waals surface area (Å²) in [5.41, 5.74) is 1.44. The van der Waals surface area contributed by atoms with Crippen LogP contribution in [-0.2, 0) is 18.9 Å². The summed E-state index contributed by atoms with van der Waals surface area (Å²) in [4.78, 5) is 14.0. The van der Waals surface area contributed by atoms with E-state index < -0.39 is 11.8 Å². The predicted molar refractivity (Wildman–Crippen MR) is 120 cm³/mol. The highest BCUT2D eigenvalue weighted by Crippen LogP contribution is 2.35. The van der Waals surface area contributed by atoms with E-state index >= 15 is 4.39 Å². The van der Waals surface area contributed by atoms with Gasteiger partial charge in [-0.2, -0.15) is 0 Å². The molecule has 1 saturated carbocycles. The van der Waals surface area contributed by atoms with E-state index in [1.165, 1.54) is 7.11 Å². The summed E-state index contributed by atoms with van der Waals surface area (Å²) < 4.78 is 37.1. The van der Waals surface area contributed by atoms with Crippen LogP contribution in [-0.4, -0.2) is 58.9 Å². The number of ether oxygens (including phenoxy) is 4. The Hall–Kier alpha value is -1.22. The lowest BCUT2D eigenvalue weighted by Gasteiger charge is -2.38. The van der Waals surface area contributed by atoms with Gasteiger partial charge in [0.15, 0.2) is 12.1 Å². The predicted octanol–water partition coefficient (Wildman–Crippen LogP) is 4.85. The minimum absolute atomic E-state index is 0.132. The van der Waals surface area contributed by atoms with Crippen LogP contribution in [0.25, 0.3) is 0 Å². The zero-order valence-electron chi connectivity index (χ0n) is 18.8. The van der Waals surface area contributed by atoms with Gasteiger partial charge in [0.2, 0.25) is 0 Å². The number of piperidine rings is 1. The van der Waals surface area contributed by atoms with E-state index in [2.05, 4.69) is 15.9 Å². The third-order valence-electron chi connectivity index (χ3n) is 6.51. The van der Waals surface area contributed by atoms with Crippen LogP contribution in [0.1, 0.15) is 54.4 Å². The molecule has 1 saturated heterocycles. The van der Waals surface area contributed by atoms with Gasteiger partial charge in [-0.25, -0.2) is 9.18 Å². The molecule has 1 aliphatic heterocycles. The monoisotopic (exact) mass is 501 g/mol. The summed E-state index contributed by atoms with van der Waals surface area (Å²) in [6.07, 6.45) is 6.17. The van der Waals surface area contributed by atoms with Crippen molar-refractivity contribution in [3.05, 3.63) is 27.5 Å². The fourth-order valence-corrected chi connectivity index (χ4v) is 5.48. The highest BCUT2D eigenvalue weighted by molar-refractivity contribution is 9.10.